The first-order valence-electron chi connectivity index (χ1n) is 6.13. The number of carbonyl (C=O) groups is 1. The second-order valence-corrected chi connectivity index (χ2v) is 4.94. The molecule has 2 N–H and O–H groups in total. The van der Waals surface area contributed by atoms with Crippen LogP contribution < -0.4 is 10.6 Å². The molecule has 0 bridgehead atoms. The van der Waals surface area contributed by atoms with Crippen molar-refractivity contribution in [1.29, 1.82) is 0 Å². The Hall–Kier alpha value is -0.610. The number of amides is 1. The van der Waals surface area contributed by atoms with Crippen LogP contribution in [0.2, 0.25) is 0 Å². The quantitative estimate of drug-likeness (QED) is 0.731. The lowest BCUT2D eigenvalue weighted by Gasteiger charge is -2.27. The van der Waals surface area contributed by atoms with E-state index in [2.05, 4.69) is 24.5 Å². The van der Waals surface area contributed by atoms with Crippen LogP contribution in [0.5, 0.6) is 0 Å². The summed E-state index contributed by atoms with van der Waals surface area (Å²) in [6.07, 6.45) is 2.12. The van der Waals surface area contributed by atoms with Crippen LogP contribution in [-0.4, -0.2) is 38.8 Å². The fourth-order valence-electron chi connectivity index (χ4n) is 2.05. The molecule has 0 aliphatic carbocycles. The molecule has 0 saturated carbocycles. The maximum atomic E-state index is 11.8. The molecule has 0 aromatic carbocycles. The number of rotatable bonds is 5. The number of hydrogen-bond donors (Lipinski definition) is 2. The van der Waals surface area contributed by atoms with Gasteiger partial charge >= 0.3 is 0 Å². The molecule has 3 atom stereocenters. The molecule has 4 nitrogen and oxygen atoms in total. The average molecular weight is 228 g/mol. The van der Waals surface area contributed by atoms with E-state index in [0.29, 0.717) is 25.0 Å². The van der Waals surface area contributed by atoms with Crippen LogP contribution in [0, 0.1) is 11.8 Å². The monoisotopic (exact) mass is 228 g/mol. The van der Waals surface area contributed by atoms with Gasteiger partial charge in [0.1, 0.15) is 0 Å². The standard InChI is InChI=1S/C12H24N2O2/c1-9-4-5-13-11(6-9)12(15)14-7-10(2)8-16-3/h9-11,13H,4-8H2,1-3H3,(H,14,15). The maximum absolute atomic E-state index is 11.8. The molecule has 0 radical (unpaired) electrons. The molecule has 1 heterocycles. The van der Waals surface area contributed by atoms with Crippen molar-refractivity contribution in [2.45, 2.75) is 32.7 Å². The molecule has 1 rings (SSSR count). The number of piperidine rings is 1. The molecule has 16 heavy (non-hydrogen) atoms. The number of hydrogen-bond acceptors (Lipinski definition) is 3. The summed E-state index contributed by atoms with van der Waals surface area (Å²) in [6, 6.07) is -0.00139. The van der Waals surface area contributed by atoms with Crippen LogP contribution in [0.1, 0.15) is 26.7 Å². The molecule has 1 aliphatic rings. The Morgan fingerprint density at radius 3 is 3.00 bits per heavy atom. The Morgan fingerprint density at radius 2 is 2.38 bits per heavy atom. The Balaban J connectivity index is 2.23. The molecule has 1 aliphatic heterocycles. The van der Waals surface area contributed by atoms with E-state index in [9.17, 15) is 4.79 Å². The molecule has 1 amide bonds. The fourth-order valence-corrected chi connectivity index (χ4v) is 2.05. The highest BCUT2D eigenvalue weighted by atomic mass is 16.5. The highest BCUT2D eigenvalue weighted by Gasteiger charge is 2.24. The number of ether oxygens (including phenoxy) is 1. The third-order valence-corrected chi connectivity index (χ3v) is 3.06. The largest absolute Gasteiger partial charge is 0.384 e. The third kappa shape index (κ3) is 4.49. The predicted molar refractivity (Wildman–Crippen MR) is 64.2 cm³/mol. The van der Waals surface area contributed by atoms with Crippen molar-refractivity contribution in [3.05, 3.63) is 0 Å². The van der Waals surface area contributed by atoms with E-state index in [1.54, 1.807) is 7.11 Å². The molecule has 0 spiro atoms. The van der Waals surface area contributed by atoms with Gasteiger partial charge in [-0.3, -0.25) is 4.79 Å². The van der Waals surface area contributed by atoms with E-state index in [1.807, 2.05) is 0 Å². The topological polar surface area (TPSA) is 50.4 Å². The van der Waals surface area contributed by atoms with Crippen molar-refractivity contribution in [2.75, 3.05) is 26.8 Å². The van der Waals surface area contributed by atoms with Crippen LogP contribution in [0.4, 0.5) is 0 Å². The second-order valence-electron chi connectivity index (χ2n) is 4.94. The molecule has 94 valence electrons. The molecule has 1 fully saturated rings. The molecule has 0 aromatic rings. The summed E-state index contributed by atoms with van der Waals surface area (Å²) in [4.78, 5) is 11.8. The maximum Gasteiger partial charge on any atom is 0.237 e. The van der Waals surface area contributed by atoms with Crippen LogP contribution in [0.25, 0.3) is 0 Å². The Labute approximate surface area is 98.1 Å². The molecular formula is C12H24N2O2. The number of methoxy groups -OCH3 is 1. The molecule has 3 unspecified atom stereocenters. The normalized spacial score (nSPS) is 27.4. The SMILES string of the molecule is COCC(C)CNC(=O)C1CC(C)CCN1. The van der Waals surface area contributed by atoms with E-state index < -0.39 is 0 Å². The lowest BCUT2D eigenvalue weighted by Crippen LogP contribution is -2.49. The summed E-state index contributed by atoms with van der Waals surface area (Å²) in [5.41, 5.74) is 0. The van der Waals surface area contributed by atoms with E-state index in [0.717, 1.165) is 13.0 Å². The molecule has 0 aromatic heterocycles. The van der Waals surface area contributed by atoms with Crippen molar-refractivity contribution >= 4 is 5.91 Å². The van der Waals surface area contributed by atoms with Crippen molar-refractivity contribution in [3.8, 4) is 0 Å². The van der Waals surface area contributed by atoms with Gasteiger partial charge in [-0.1, -0.05) is 13.8 Å². The van der Waals surface area contributed by atoms with Gasteiger partial charge in [-0.2, -0.15) is 0 Å². The van der Waals surface area contributed by atoms with Crippen molar-refractivity contribution in [1.82, 2.24) is 10.6 Å². The molecular weight excluding hydrogens is 204 g/mol. The Bertz CT molecular complexity index is 221. The highest BCUT2D eigenvalue weighted by molar-refractivity contribution is 5.81. The first kappa shape index (κ1) is 13.5. The van der Waals surface area contributed by atoms with Gasteiger partial charge in [-0.15, -0.1) is 0 Å². The molecule has 4 heteroatoms. The van der Waals surface area contributed by atoms with Crippen molar-refractivity contribution in [3.63, 3.8) is 0 Å². The summed E-state index contributed by atoms with van der Waals surface area (Å²) in [6.45, 7) is 6.61. The fraction of sp³-hybridized carbons (Fsp3) is 0.917. The smallest absolute Gasteiger partial charge is 0.237 e. The van der Waals surface area contributed by atoms with Gasteiger partial charge in [-0.25, -0.2) is 0 Å². The lowest BCUT2D eigenvalue weighted by atomic mass is 9.94. The average Bonchev–Trinajstić information content (AvgIpc) is 2.26. The minimum absolute atomic E-state index is 0.00139. The van der Waals surface area contributed by atoms with E-state index in [4.69, 9.17) is 4.74 Å². The minimum atomic E-state index is -0.00139. The summed E-state index contributed by atoms with van der Waals surface area (Å²) in [5, 5.41) is 6.24. The zero-order valence-corrected chi connectivity index (χ0v) is 10.6. The van der Waals surface area contributed by atoms with E-state index >= 15 is 0 Å². The summed E-state index contributed by atoms with van der Waals surface area (Å²) >= 11 is 0. The first-order valence-corrected chi connectivity index (χ1v) is 6.13. The summed E-state index contributed by atoms with van der Waals surface area (Å²) < 4.78 is 5.03. The van der Waals surface area contributed by atoms with Crippen LogP contribution in [0.3, 0.4) is 0 Å². The van der Waals surface area contributed by atoms with Crippen LogP contribution in [0.15, 0.2) is 0 Å². The van der Waals surface area contributed by atoms with Gasteiger partial charge in [-0.05, 0) is 31.2 Å². The van der Waals surface area contributed by atoms with Crippen molar-refractivity contribution < 1.29 is 9.53 Å². The van der Waals surface area contributed by atoms with Crippen molar-refractivity contribution in [2.24, 2.45) is 11.8 Å². The number of carbonyl (C=O) groups excluding carboxylic acids is 1. The highest BCUT2D eigenvalue weighted by Crippen LogP contribution is 2.14. The van der Waals surface area contributed by atoms with Gasteiger partial charge in [0.15, 0.2) is 0 Å². The first-order chi connectivity index (χ1) is 7.63. The third-order valence-electron chi connectivity index (χ3n) is 3.06. The van der Waals surface area contributed by atoms with Gasteiger partial charge < -0.3 is 15.4 Å². The van der Waals surface area contributed by atoms with E-state index in [-0.39, 0.29) is 11.9 Å². The zero-order chi connectivity index (χ0) is 12.0. The van der Waals surface area contributed by atoms with Gasteiger partial charge in [0.25, 0.3) is 0 Å². The minimum Gasteiger partial charge on any atom is -0.384 e. The lowest BCUT2D eigenvalue weighted by molar-refractivity contribution is -0.124. The van der Waals surface area contributed by atoms with Gasteiger partial charge in [0.05, 0.1) is 12.6 Å². The zero-order valence-electron chi connectivity index (χ0n) is 10.6. The summed E-state index contributed by atoms with van der Waals surface area (Å²) in [7, 11) is 1.68. The van der Waals surface area contributed by atoms with Crippen LogP contribution >= 0.6 is 0 Å². The van der Waals surface area contributed by atoms with Crippen LogP contribution in [-0.2, 0) is 9.53 Å². The second kappa shape index (κ2) is 6.86. The van der Waals surface area contributed by atoms with Gasteiger partial charge in [0.2, 0.25) is 5.91 Å². The predicted octanol–water partition coefficient (Wildman–Crippen LogP) is 0.773. The Kier molecular flexibility index (Phi) is 5.77. The summed E-state index contributed by atoms with van der Waals surface area (Å²) in [5.74, 6) is 1.15. The van der Waals surface area contributed by atoms with Gasteiger partial charge in [0, 0.05) is 13.7 Å². The molecule has 1 saturated heterocycles. The Morgan fingerprint density at radius 1 is 1.62 bits per heavy atom. The van der Waals surface area contributed by atoms with E-state index in [1.165, 1.54) is 6.42 Å². The number of nitrogens with one attached hydrogen (secondary N) is 2.